The number of aryl methyl sites for hydroxylation is 1. The van der Waals surface area contributed by atoms with Gasteiger partial charge in [0.15, 0.2) is 5.82 Å². The van der Waals surface area contributed by atoms with Crippen molar-refractivity contribution in [3.05, 3.63) is 70.5 Å². The molecule has 0 spiro atoms. The maximum Gasteiger partial charge on any atom is 0.442 e. The molecule has 0 saturated carbocycles. The van der Waals surface area contributed by atoms with Crippen molar-refractivity contribution in [1.29, 1.82) is 0 Å². The number of benzene rings is 2. The summed E-state index contributed by atoms with van der Waals surface area (Å²) in [6, 6.07) is 15.5. The van der Waals surface area contributed by atoms with E-state index in [2.05, 4.69) is 15.3 Å². The van der Waals surface area contributed by atoms with Crippen molar-refractivity contribution in [2.75, 3.05) is 6.26 Å². The molecule has 2 aromatic heterocycles. The maximum absolute atomic E-state index is 12.1. The van der Waals surface area contributed by atoms with Crippen molar-refractivity contribution in [2.24, 2.45) is 0 Å². The monoisotopic (exact) mass is 380 g/mol. The molecular formula is C19H16N4O3S. The molecule has 27 heavy (non-hydrogen) atoms. The van der Waals surface area contributed by atoms with Gasteiger partial charge in [-0.3, -0.25) is 4.52 Å². The molecule has 0 aliphatic carbocycles. The maximum atomic E-state index is 12.1. The predicted octanol–water partition coefficient (Wildman–Crippen LogP) is 3.63. The smallest absolute Gasteiger partial charge is 0.337 e. The van der Waals surface area contributed by atoms with Gasteiger partial charge in [0.1, 0.15) is 6.54 Å². The van der Waals surface area contributed by atoms with Gasteiger partial charge in [0.25, 0.3) is 0 Å². The highest BCUT2D eigenvalue weighted by Crippen LogP contribution is 2.22. The van der Waals surface area contributed by atoms with Gasteiger partial charge in [-0.05, 0) is 25.3 Å². The van der Waals surface area contributed by atoms with Crippen LogP contribution in [0.25, 0.3) is 22.8 Å². The van der Waals surface area contributed by atoms with Crippen LogP contribution < -0.4 is 5.76 Å². The second-order valence-electron chi connectivity index (χ2n) is 5.96. The topological polar surface area (TPSA) is 87.0 Å². The van der Waals surface area contributed by atoms with Gasteiger partial charge in [0.05, 0.1) is 0 Å². The number of nitrogens with zero attached hydrogens (tertiary/aromatic N) is 4. The number of aromatic nitrogens is 4. The Morgan fingerprint density at radius 1 is 0.963 bits per heavy atom. The van der Waals surface area contributed by atoms with Gasteiger partial charge >= 0.3 is 5.76 Å². The molecular weight excluding hydrogens is 364 g/mol. The molecule has 4 rings (SSSR count). The third-order valence-corrected chi connectivity index (χ3v) is 4.85. The lowest BCUT2D eigenvalue weighted by Crippen LogP contribution is -2.16. The zero-order chi connectivity index (χ0) is 18.8. The fourth-order valence-corrected chi connectivity index (χ4v) is 3.04. The Bertz CT molecular complexity index is 1110. The lowest BCUT2D eigenvalue weighted by molar-refractivity contribution is 0.354. The highest BCUT2D eigenvalue weighted by Gasteiger charge is 2.17. The first-order chi connectivity index (χ1) is 13.1. The number of hydrogen-bond acceptors (Lipinski definition) is 7. The zero-order valence-corrected chi connectivity index (χ0v) is 15.6. The summed E-state index contributed by atoms with van der Waals surface area (Å²) < 4.78 is 11.5. The van der Waals surface area contributed by atoms with Crippen molar-refractivity contribution in [3.8, 4) is 22.8 Å². The Kier molecular flexibility index (Phi) is 4.64. The van der Waals surface area contributed by atoms with Gasteiger partial charge in [0.2, 0.25) is 11.7 Å². The van der Waals surface area contributed by atoms with E-state index in [1.165, 1.54) is 4.57 Å². The van der Waals surface area contributed by atoms with E-state index in [0.29, 0.717) is 17.5 Å². The minimum Gasteiger partial charge on any atom is -0.337 e. The summed E-state index contributed by atoms with van der Waals surface area (Å²) in [5.41, 5.74) is 2.77. The average Bonchev–Trinajstić information content (AvgIpc) is 3.30. The second-order valence-corrected chi connectivity index (χ2v) is 6.84. The molecule has 7 nitrogen and oxygen atoms in total. The Morgan fingerprint density at radius 3 is 2.37 bits per heavy atom. The number of rotatable bonds is 5. The molecule has 2 aromatic carbocycles. The van der Waals surface area contributed by atoms with Crippen LogP contribution >= 0.6 is 11.8 Å². The Balaban J connectivity index is 1.62. The normalized spacial score (nSPS) is 11.0. The number of thioether (sulfide) groups is 1. The lowest BCUT2D eigenvalue weighted by atomic mass is 10.1. The van der Waals surface area contributed by atoms with Crippen LogP contribution in [0.5, 0.6) is 0 Å². The van der Waals surface area contributed by atoms with Gasteiger partial charge < -0.3 is 4.52 Å². The molecule has 0 unspecified atom stereocenters. The molecule has 2 heterocycles. The fourth-order valence-electron chi connectivity index (χ4n) is 2.63. The molecule has 0 N–H and O–H groups in total. The largest absolute Gasteiger partial charge is 0.442 e. The molecule has 4 aromatic rings. The minimum atomic E-state index is -0.575. The van der Waals surface area contributed by atoms with Crippen LogP contribution in [0.3, 0.4) is 0 Å². The first-order valence-corrected chi connectivity index (χ1v) is 9.47. The van der Waals surface area contributed by atoms with Crippen molar-refractivity contribution < 1.29 is 9.05 Å². The fraction of sp³-hybridized carbons (Fsp3) is 0.158. The van der Waals surface area contributed by atoms with Gasteiger partial charge in [0, 0.05) is 16.0 Å². The molecule has 0 amide bonds. The molecule has 0 bridgehead atoms. The molecule has 136 valence electrons. The van der Waals surface area contributed by atoms with Gasteiger partial charge in [-0.2, -0.15) is 4.98 Å². The molecule has 0 aliphatic heterocycles. The summed E-state index contributed by atoms with van der Waals surface area (Å²) in [7, 11) is 0. The summed E-state index contributed by atoms with van der Waals surface area (Å²) in [5, 5.41) is 7.89. The van der Waals surface area contributed by atoms with Crippen LogP contribution in [0.2, 0.25) is 0 Å². The first-order valence-electron chi connectivity index (χ1n) is 8.24. The van der Waals surface area contributed by atoms with E-state index in [9.17, 15) is 4.79 Å². The average molecular weight is 380 g/mol. The minimum absolute atomic E-state index is 0.0841. The summed E-state index contributed by atoms with van der Waals surface area (Å²) in [5.74, 6) is 0.620. The summed E-state index contributed by atoms with van der Waals surface area (Å²) >= 11 is 1.64. The highest BCUT2D eigenvalue weighted by atomic mass is 32.2. The van der Waals surface area contributed by atoms with E-state index in [0.717, 1.165) is 21.6 Å². The van der Waals surface area contributed by atoms with Gasteiger partial charge in [-0.1, -0.05) is 52.3 Å². The van der Waals surface area contributed by atoms with Crippen LogP contribution in [0.15, 0.2) is 67.3 Å². The Hall–Kier alpha value is -3.13. The quantitative estimate of drug-likeness (QED) is 0.489. The van der Waals surface area contributed by atoms with E-state index in [4.69, 9.17) is 9.05 Å². The lowest BCUT2D eigenvalue weighted by Gasteiger charge is -2.02. The zero-order valence-electron chi connectivity index (χ0n) is 14.7. The van der Waals surface area contributed by atoms with E-state index in [1.54, 1.807) is 11.8 Å². The van der Waals surface area contributed by atoms with Gasteiger partial charge in [-0.15, -0.1) is 11.8 Å². The first kappa shape index (κ1) is 17.3. The van der Waals surface area contributed by atoms with Gasteiger partial charge in [-0.25, -0.2) is 9.36 Å². The van der Waals surface area contributed by atoms with E-state index in [-0.39, 0.29) is 6.54 Å². The third-order valence-electron chi connectivity index (χ3n) is 4.11. The molecule has 0 atom stereocenters. The van der Waals surface area contributed by atoms with Crippen LogP contribution in [-0.4, -0.2) is 26.1 Å². The van der Waals surface area contributed by atoms with E-state index in [1.807, 2.05) is 61.7 Å². The predicted molar refractivity (Wildman–Crippen MR) is 102 cm³/mol. The van der Waals surface area contributed by atoms with E-state index >= 15 is 0 Å². The van der Waals surface area contributed by atoms with E-state index < -0.39 is 5.76 Å². The second kappa shape index (κ2) is 7.24. The summed E-state index contributed by atoms with van der Waals surface area (Å²) in [6.45, 7) is 2.10. The SMILES string of the molecule is CSc1ccc(-c2noc(=O)n2Cc2nc(-c3ccc(C)cc3)no2)cc1. The standard InChI is InChI=1S/C19H16N4O3S/c1-12-3-5-13(6-4-12)17-20-16(25-21-17)11-23-18(22-26-19(23)24)14-7-9-15(27-2)10-8-14/h3-10H,11H2,1-2H3. The highest BCUT2D eigenvalue weighted by molar-refractivity contribution is 7.98. The molecule has 0 radical (unpaired) electrons. The molecule has 0 saturated heterocycles. The van der Waals surface area contributed by atoms with Crippen molar-refractivity contribution >= 4 is 11.8 Å². The van der Waals surface area contributed by atoms with Crippen molar-refractivity contribution in [3.63, 3.8) is 0 Å². The van der Waals surface area contributed by atoms with Crippen LogP contribution in [0, 0.1) is 6.92 Å². The molecule has 0 aliphatic rings. The van der Waals surface area contributed by atoms with Crippen LogP contribution in [0.1, 0.15) is 11.5 Å². The van der Waals surface area contributed by atoms with Crippen molar-refractivity contribution in [2.45, 2.75) is 18.4 Å². The van der Waals surface area contributed by atoms with Crippen LogP contribution in [-0.2, 0) is 6.54 Å². The number of hydrogen-bond donors (Lipinski definition) is 0. The Labute approximate surface area is 159 Å². The van der Waals surface area contributed by atoms with Crippen molar-refractivity contribution in [1.82, 2.24) is 19.9 Å². The Morgan fingerprint density at radius 2 is 1.67 bits per heavy atom. The molecule has 0 fully saturated rings. The third kappa shape index (κ3) is 3.56. The molecule has 8 heteroatoms. The summed E-state index contributed by atoms with van der Waals surface area (Å²) in [6.07, 6.45) is 2.00. The summed E-state index contributed by atoms with van der Waals surface area (Å²) in [4.78, 5) is 17.6. The van der Waals surface area contributed by atoms with Crippen LogP contribution in [0.4, 0.5) is 0 Å².